The van der Waals surface area contributed by atoms with E-state index in [9.17, 15) is 14.4 Å². The highest BCUT2D eigenvalue weighted by atomic mass is 32.1. The maximum atomic E-state index is 12.6. The molecule has 0 spiro atoms. The number of fused-ring (bicyclic) bond motifs is 1. The van der Waals surface area contributed by atoms with Crippen molar-refractivity contribution in [3.63, 3.8) is 0 Å². The molecule has 1 saturated heterocycles. The first kappa shape index (κ1) is 19.1. The molecule has 1 atom stereocenters. The third-order valence-corrected chi connectivity index (χ3v) is 6.04. The fourth-order valence-electron chi connectivity index (χ4n) is 3.38. The predicted octanol–water partition coefficient (Wildman–Crippen LogP) is 2.73. The van der Waals surface area contributed by atoms with E-state index in [0.29, 0.717) is 11.6 Å². The third kappa shape index (κ3) is 3.86. The van der Waals surface area contributed by atoms with E-state index in [1.807, 2.05) is 44.3 Å². The van der Waals surface area contributed by atoms with Gasteiger partial charge < -0.3 is 15.6 Å². The van der Waals surface area contributed by atoms with Gasteiger partial charge in [0.15, 0.2) is 5.13 Å². The molecule has 3 heterocycles. The number of H-pyrrole nitrogens is 1. The molecule has 2 aromatic heterocycles. The summed E-state index contributed by atoms with van der Waals surface area (Å²) in [7, 11) is 0. The van der Waals surface area contributed by atoms with Crippen LogP contribution in [0, 0.1) is 13.8 Å². The van der Waals surface area contributed by atoms with Gasteiger partial charge in [0.05, 0.1) is 12.1 Å². The van der Waals surface area contributed by atoms with Gasteiger partial charge in [-0.2, -0.15) is 0 Å². The van der Waals surface area contributed by atoms with Crippen molar-refractivity contribution in [2.45, 2.75) is 32.7 Å². The molecule has 1 unspecified atom stereocenters. The number of thiazole rings is 1. The van der Waals surface area contributed by atoms with Gasteiger partial charge in [-0.15, -0.1) is 11.3 Å². The van der Waals surface area contributed by atoms with E-state index < -0.39 is 12.1 Å². The molecule has 150 valence electrons. The number of aryl methyl sites for hydroxylation is 2. The maximum absolute atomic E-state index is 12.6. The largest absolute Gasteiger partial charge is 0.361 e. The van der Waals surface area contributed by atoms with E-state index >= 15 is 0 Å². The van der Waals surface area contributed by atoms with Crippen LogP contribution in [0.3, 0.4) is 0 Å². The molecule has 1 aromatic carbocycles. The van der Waals surface area contributed by atoms with Crippen molar-refractivity contribution in [3.8, 4) is 0 Å². The minimum absolute atomic E-state index is 0.119. The Labute approximate surface area is 171 Å². The average molecular weight is 411 g/mol. The highest BCUT2D eigenvalue weighted by Crippen LogP contribution is 2.22. The van der Waals surface area contributed by atoms with Gasteiger partial charge in [-0.3, -0.25) is 14.5 Å². The number of urea groups is 1. The van der Waals surface area contributed by atoms with Gasteiger partial charge in [0.2, 0.25) is 5.91 Å². The molecular formula is C20H21N5O3S. The number of nitrogens with one attached hydrogen (secondary N) is 3. The molecule has 3 aromatic rings. The Kier molecular flexibility index (Phi) is 5.06. The highest BCUT2D eigenvalue weighted by Gasteiger charge is 2.38. The van der Waals surface area contributed by atoms with Gasteiger partial charge in [0, 0.05) is 28.5 Å². The van der Waals surface area contributed by atoms with Crippen molar-refractivity contribution in [1.29, 1.82) is 0 Å². The molecule has 0 bridgehead atoms. The number of carbonyl (C=O) groups is 3. The minimum atomic E-state index is -0.854. The number of benzene rings is 1. The lowest BCUT2D eigenvalue weighted by Crippen LogP contribution is -2.34. The van der Waals surface area contributed by atoms with Crippen LogP contribution < -0.4 is 10.6 Å². The number of hydrogen-bond acceptors (Lipinski definition) is 5. The summed E-state index contributed by atoms with van der Waals surface area (Å²) in [6.45, 7) is 4.05. The van der Waals surface area contributed by atoms with Crippen molar-refractivity contribution in [1.82, 2.24) is 20.2 Å². The summed E-state index contributed by atoms with van der Waals surface area (Å²) >= 11 is 1.38. The lowest BCUT2D eigenvalue weighted by atomic mass is 10.1. The minimum Gasteiger partial charge on any atom is -0.361 e. The fourth-order valence-corrected chi connectivity index (χ4v) is 4.21. The van der Waals surface area contributed by atoms with E-state index in [0.717, 1.165) is 27.0 Å². The summed E-state index contributed by atoms with van der Waals surface area (Å²) in [6.07, 6.45) is 2.32. The summed E-state index contributed by atoms with van der Waals surface area (Å²) in [4.78, 5) is 46.8. The van der Waals surface area contributed by atoms with Crippen LogP contribution in [0.2, 0.25) is 0 Å². The summed E-state index contributed by atoms with van der Waals surface area (Å²) in [5.74, 6) is -0.729. The molecule has 4 rings (SSSR count). The van der Waals surface area contributed by atoms with Gasteiger partial charge in [-0.05, 0) is 31.9 Å². The topological polar surface area (TPSA) is 107 Å². The second-order valence-corrected chi connectivity index (χ2v) is 8.22. The second kappa shape index (κ2) is 7.67. The van der Waals surface area contributed by atoms with Crippen molar-refractivity contribution in [2.75, 3.05) is 11.9 Å². The molecule has 4 amide bonds. The molecular weight excluding hydrogens is 390 g/mol. The zero-order chi connectivity index (χ0) is 20.5. The van der Waals surface area contributed by atoms with Gasteiger partial charge in [0.1, 0.15) is 6.04 Å². The fraction of sp³-hybridized carbons (Fsp3) is 0.300. The molecule has 0 radical (unpaired) electrons. The van der Waals surface area contributed by atoms with E-state index in [4.69, 9.17) is 0 Å². The molecule has 1 fully saturated rings. The molecule has 29 heavy (non-hydrogen) atoms. The van der Waals surface area contributed by atoms with Crippen LogP contribution in [-0.2, 0) is 16.0 Å². The van der Waals surface area contributed by atoms with Crippen LogP contribution >= 0.6 is 11.3 Å². The van der Waals surface area contributed by atoms with Crippen molar-refractivity contribution in [3.05, 3.63) is 46.6 Å². The number of carbonyl (C=O) groups excluding carboxylic acids is 3. The summed E-state index contributed by atoms with van der Waals surface area (Å²) in [5.41, 5.74) is 2.91. The zero-order valence-corrected chi connectivity index (χ0v) is 16.9. The number of amides is 4. The third-order valence-electron chi connectivity index (χ3n) is 5.05. The summed E-state index contributed by atoms with van der Waals surface area (Å²) < 4.78 is 0. The Balaban J connectivity index is 1.36. The monoisotopic (exact) mass is 411 g/mol. The summed E-state index contributed by atoms with van der Waals surface area (Å²) in [6, 6.07) is 6.56. The highest BCUT2D eigenvalue weighted by molar-refractivity contribution is 7.15. The van der Waals surface area contributed by atoms with Crippen LogP contribution in [0.1, 0.15) is 22.6 Å². The molecule has 8 nitrogen and oxygen atoms in total. The van der Waals surface area contributed by atoms with Crippen molar-refractivity contribution in [2.24, 2.45) is 0 Å². The Morgan fingerprint density at radius 3 is 2.83 bits per heavy atom. The Morgan fingerprint density at radius 2 is 2.07 bits per heavy atom. The van der Waals surface area contributed by atoms with Crippen LogP contribution in [0.5, 0.6) is 0 Å². The molecule has 9 heteroatoms. The first-order valence-corrected chi connectivity index (χ1v) is 10.1. The Hall–Kier alpha value is -3.20. The number of anilines is 1. The molecule has 0 aliphatic carbocycles. The smallest absolute Gasteiger partial charge is 0.324 e. The number of rotatable bonds is 6. The number of imide groups is 1. The second-order valence-electron chi connectivity index (χ2n) is 7.01. The van der Waals surface area contributed by atoms with E-state index in [1.165, 1.54) is 16.2 Å². The number of nitrogens with zero attached hydrogens (tertiary/aromatic N) is 2. The van der Waals surface area contributed by atoms with Crippen LogP contribution in [0.25, 0.3) is 10.9 Å². The number of aromatic nitrogens is 2. The van der Waals surface area contributed by atoms with Crippen LogP contribution in [-0.4, -0.2) is 45.3 Å². The summed E-state index contributed by atoms with van der Waals surface area (Å²) in [5, 5.41) is 6.88. The van der Waals surface area contributed by atoms with Gasteiger partial charge in [-0.25, -0.2) is 9.78 Å². The first-order chi connectivity index (χ1) is 13.9. The van der Waals surface area contributed by atoms with Gasteiger partial charge in [-0.1, -0.05) is 18.2 Å². The van der Waals surface area contributed by atoms with Crippen LogP contribution in [0.4, 0.5) is 9.93 Å². The number of para-hydroxylation sites is 1. The standard InChI is InChI=1S/C20H21N5O3S/c1-11-12(2)29-19(22-11)24-17(26)9-16-18(27)25(20(28)23-16)8-7-13-10-21-15-6-4-3-5-14(13)15/h3-6,10,16,21H,7-9H2,1-2H3,(H,23,28)(H,22,24,26). The Morgan fingerprint density at radius 1 is 1.28 bits per heavy atom. The Bertz CT molecular complexity index is 1080. The average Bonchev–Trinajstić information content (AvgIpc) is 3.31. The first-order valence-electron chi connectivity index (χ1n) is 9.33. The number of aromatic amines is 1. The van der Waals surface area contributed by atoms with Gasteiger partial charge >= 0.3 is 6.03 Å². The van der Waals surface area contributed by atoms with Gasteiger partial charge in [0.25, 0.3) is 5.91 Å². The normalized spacial score (nSPS) is 16.5. The van der Waals surface area contributed by atoms with E-state index in [-0.39, 0.29) is 24.8 Å². The van der Waals surface area contributed by atoms with E-state index in [2.05, 4.69) is 20.6 Å². The molecule has 0 saturated carbocycles. The molecule has 3 N–H and O–H groups in total. The maximum Gasteiger partial charge on any atom is 0.324 e. The SMILES string of the molecule is Cc1nc(NC(=O)CC2NC(=O)N(CCc3c[nH]c4ccccc34)C2=O)sc1C. The lowest BCUT2D eigenvalue weighted by Gasteiger charge is -2.12. The molecule has 1 aliphatic heterocycles. The zero-order valence-electron chi connectivity index (χ0n) is 16.1. The van der Waals surface area contributed by atoms with Crippen LogP contribution in [0.15, 0.2) is 30.5 Å². The molecule has 1 aliphatic rings. The van der Waals surface area contributed by atoms with E-state index in [1.54, 1.807) is 0 Å². The van der Waals surface area contributed by atoms with Crippen molar-refractivity contribution < 1.29 is 14.4 Å². The predicted molar refractivity (Wildman–Crippen MR) is 111 cm³/mol. The lowest BCUT2D eigenvalue weighted by molar-refractivity contribution is -0.129. The van der Waals surface area contributed by atoms with Crippen molar-refractivity contribution >= 4 is 45.2 Å². The quantitative estimate of drug-likeness (QED) is 0.542. The number of hydrogen-bond donors (Lipinski definition) is 3.